The van der Waals surface area contributed by atoms with E-state index in [0.29, 0.717) is 35.9 Å². The molecule has 3 aromatic rings. The molecule has 1 aliphatic carbocycles. The molecule has 1 saturated heterocycles. The Bertz CT molecular complexity index is 1190. The number of likely N-dealkylation sites (tertiary alicyclic amines) is 1. The average Bonchev–Trinajstić information content (AvgIpc) is 3.30. The van der Waals surface area contributed by atoms with Crippen LogP contribution in [0.25, 0.3) is 11.3 Å². The molecule has 3 heterocycles. The van der Waals surface area contributed by atoms with Gasteiger partial charge in [0, 0.05) is 55.7 Å². The van der Waals surface area contributed by atoms with Gasteiger partial charge >= 0.3 is 0 Å². The minimum atomic E-state index is -0.646. The lowest BCUT2D eigenvalue weighted by molar-refractivity contribution is -0.134. The number of aliphatic hydroxyl groups is 1. The van der Waals surface area contributed by atoms with Crippen LogP contribution in [0.5, 0.6) is 0 Å². The third-order valence-corrected chi connectivity index (χ3v) is 6.38. The zero-order valence-electron chi connectivity index (χ0n) is 18.6. The van der Waals surface area contributed by atoms with Crippen molar-refractivity contribution in [2.75, 3.05) is 26.8 Å². The molecule has 1 amide bonds. The van der Waals surface area contributed by atoms with E-state index in [9.17, 15) is 9.90 Å². The molecule has 1 aromatic carbocycles. The molecule has 0 radical (unpaired) electrons. The van der Waals surface area contributed by atoms with Crippen molar-refractivity contribution in [2.45, 2.75) is 19.6 Å². The standard InChI is InChI=1S/C25H26N4O4/c1-16(30)25-26-9-10-28(25)12-19-11-23(33-27-19)18-6-3-17(4-7-18)5-8-20-21-13-29(14-22(20)21)24(31)15-32-2/h3-4,6-7,9-11,16,20-22,30H,12-15H2,1-2H3/t16-,20?,21+,22?/m0/s1. The van der Waals surface area contributed by atoms with Gasteiger partial charge in [0.15, 0.2) is 5.76 Å². The lowest BCUT2D eigenvalue weighted by atomic mass is 10.1. The molecule has 1 aliphatic heterocycles. The third kappa shape index (κ3) is 4.42. The van der Waals surface area contributed by atoms with Crippen molar-refractivity contribution in [3.8, 4) is 23.2 Å². The summed E-state index contributed by atoms with van der Waals surface area (Å²) in [5.41, 5.74) is 2.64. The van der Waals surface area contributed by atoms with E-state index in [1.807, 2.05) is 46.0 Å². The van der Waals surface area contributed by atoms with Gasteiger partial charge in [0.1, 0.15) is 24.2 Å². The Morgan fingerprint density at radius 1 is 1.30 bits per heavy atom. The van der Waals surface area contributed by atoms with Gasteiger partial charge in [-0.2, -0.15) is 0 Å². The molecule has 2 fully saturated rings. The molecule has 0 bridgehead atoms. The maximum atomic E-state index is 11.9. The van der Waals surface area contributed by atoms with Gasteiger partial charge in [0.25, 0.3) is 0 Å². The predicted octanol–water partition coefficient (Wildman–Crippen LogP) is 2.34. The summed E-state index contributed by atoms with van der Waals surface area (Å²) in [5, 5.41) is 14.0. The topological polar surface area (TPSA) is 93.6 Å². The molecule has 170 valence electrons. The van der Waals surface area contributed by atoms with Crippen molar-refractivity contribution in [3.63, 3.8) is 0 Å². The second-order valence-electron chi connectivity index (χ2n) is 8.70. The van der Waals surface area contributed by atoms with Crippen LogP contribution in [0.1, 0.15) is 30.1 Å². The summed E-state index contributed by atoms with van der Waals surface area (Å²) in [5.74, 6) is 9.37. The second kappa shape index (κ2) is 8.85. The van der Waals surface area contributed by atoms with Crippen molar-refractivity contribution < 1.29 is 19.2 Å². The van der Waals surface area contributed by atoms with E-state index in [2.05, 4.69) is 22.0 Å². The number of aliphatic hydroxyl groups excluding tert-OH is 1. The lowest BCUT2D eigenvalue weighted by Crippen LogP contribution is -2.34. The average molecular weight is 447 g/mol. The Morgan fingerprint density at radius 2 is 2.06 bits per heavy atom. The van der Waals surface area contributed by atoms with Crippen LogP contribution in [-0.4, -0.2) is 57.4 Å². The number of hydrogen-bond donors (Lipinski definition) is 1. The van der Waals surface area contributed by atoms with Crippen LogP contribution in [0.2, 0.25) is 0 Å². The number of imidazole rings is 1. The number of piperidine rings is 1. The van der Waals surface area contributed by atoms with Crippen molar-refractivity contribution >= 4 is 5.91 Å². The van der Waals surface area contributed by atoms with Crippen LogP contribution in [0.3, 0.4) is 0 Å². The molecular formula is C25H26N4O4. The Balaban J connectivity index is 1.18. The van der Waals surface area contributed by atoms with E-state index >= 15 is 0 Å². The molecule has 33 heavy (non-hydrogen) atoms. The smallest absolute Gasteiger partial charge is 0.248 e. The Labute approximate surface area is 192 Å². The lowest BCUT2D eigenvalue weighted by Gasteiger charge is -2.18. The van der Waals surface area contributed by atoms with Gasteiger partial charge < -0.3 is 23.8 Å². The largest absolute Gasteiger partial charge is 0.385 e. The van der Waals surface area contributed by atoms with Crippen LogP contribution in [-0.2, 0) is 16.1 Å². The van der Waals surface area contributed by atoms with E-state index in [-0.39, 0.29) is 12.5 Å². The van der Waals surface area contributed by atoms with Crippen LogP contribution in [0.15, 0.2) is 47.2 Å². The van der Waals surface area contributed by atoms with E-state index in [1.165, 1.54) is 0 Å². The van der Waals surface area contributed by atoms with E-state index in [0.717, 1.165) is 29.9 Å². The Morgan fingerprint density at radius 3 is 2.76 bits per heavy atom. The summed E-state index contributed by atoms with van der Waals surface area (Å²) in [6.07, 6.45) is 2.83. The first-order chi connectivity index (χ1) is 16.0. The highest BCUT2D eigenvalue weighted by Gasteiger charge is 2.55. The number of ether oxygens (including phenoxy) is 1. The molecule has 4 atom stereocenters. The summed E-state index contributed by atoms with van der Waals surface area (Å²) < 4.78 is 12.3. The molecule has 1 saturated carbocycles. The summed E-state index contributed by atoms with van der Waals surface area (Å²) in [7, 11) is 1.55. The van der Waals surface area contributed by atoms with Gasteiger partial charge in [-0.05, 0) is 43.0 Å². The van der Waals surface area contributed by atoms with Crippen LogP contribution < -0.4 is 0 Å². The number of benzene rings is 1. The number of methoxy groups -OCH3 is 1. The first-order valence-corrected chi connectivity index (χ1v) is 11.1. The SMILES string of the molecule is COCC(=O)N1CC2C(C#Cc3ccc(-c4cc(Cn5ccnc5[C@H](C)O)no4)cc3)[C@H]2C1. The molecule has 0 spiro atoms. The van der Waals surface area contributed by atoms with Gasteiger partial charge in [-0.15, -0.1) is 0 Å². The van der Waals surface area contributed by atoms with Gasteiger partial charge in [-0.1, -0.05) is 17.0 Å². The fourth-order valence-electron chi connectivity index (χ4n) is 4.56. The first-order valence-electron chi connectivity index (χ1n) is 11.1. The number of amides is 1. The molecule has 2 aliphatic rings. The molecule has 5 rings (SSSR count). The van der Waals surface area contributed by atoms with E-state index in [1.54, 1.807) is 20.2 Å². The minimum absolute atomic E-state index is 0.0657. The number of carbonyl (C=O) groups is 1. The summed E-state index contributed by atoms with van der Waals surface area (Å²) in [6, 6.07) is 9.82. The molecular weight excluding hydrogens is 420 g/mol. The van der Waals surface area contributed by atoms with Gasteiger partial charge in [0.05, 0.1) is 6.54 Å². The maximum absolute atomic E-state index is 11.9. The van der Waals surface area contributed by atoms with Gasteiger partial charge in [-0.3, -0.25) is 4.79 Å². The Hall–Kier alpha value is -3.41. The predicted molar refractivity (Wildman–Crippen MR) is 120 cm³/mol. The molecule has 8 nitrogen and oxygen atoms in total. The highest BCUT2D eigenvalue weighted by molar-refractivity contribution is 5.78. The van der Waals surface area contributed by atoms with E-state index in [4.69, 9.17) is 9.26 Å². The number of hydrogen-bond acceptors (Lipinski definition) is 6. The zero-order chi connectivity index (χ0) is 22.9. The van der Waals surface area contributed by atoms with Crippen LogP contribution in [0.4, 0.5) is 0 Å². The summed E-state index contributed by atoms with van der Waals surface area (Å²) in [6.45, 7) is 3.89. The zero-order valence-corrected chi connectivity index (χ0v) is 18.6. The summed E-state index contributed by atoms with van der Waals surface area (Å²) in [4.78, 5) is 18.0. The summed E-state index contributed by atoms with van der Waals surface area (Å²) >= 11 is 0. The fourth-order valence-corrected chi connectivity index (χ4v) is 4.56. The number of nitrogens with zero attached hydrogens (tertiary/aromatic N) is 4. The quantitative estimate of drug-likeness (QED) is 0.584. The number of aromatic nitrogens is 3. The normalized spacial score (nSPS) is 21.9. The van der Waals surface area contributed by atoms with Crippen molar-refractivity contribution in [3.05, 3.63) is 59.8 Å². The second-order valence-corrected chi connectivity index (χ2v) is 8.70. The van der Waals surface area contributed by atoms with Crippen LogP contribution >= 0.6 is 0 Å². The van der Waals surface area contributed by atoms with Gasteiger partial charge in [-0.25, -0.2) is 4.98 Å². The molecule has 1 N–H and O–H groups in total. The van der Waals surface area contributed by atoms with E-state index < -0.39 is 6.10 Å². The number of carbonyl (C=O) groups excluding carboxylic acids is 1. The fraction of sp³-hybridized carbons (Fsp3) is 0.400. The number of rotatable bonds is 6. The molecule has 2 unspecified atom stereocenters. The monoisotopic (exact) mass is 446 g/mol. The van der Waals surface area contributed by atoms with Crippen molar-refractivity contribution in [1.82, 2.24) is 19.6 Å². The van der Waals surface area contributed by atoms with Crippen molar-refractivity contribution in [2.24, 2.45) is 17.8 Å². The van der Waals surface area contributed by atoms with Gasteiger partial charge in [0.2, 0.25) is 5.91 Å². The highest BCUT2D eigenvalue weighted by Crippen LogP contribution is 2.51. The third-order valence-electron chi connectivity index (χ3n) is 6.38. The van der Waals surface area contributed by atoms with Crippen LogP contribution in [0, 0.1) is 29.6 Å². The number of fused-ring (bicyclic) bond motifs is 1. The maximum Gasteiger partial charge on any atom is 0.248 e. The minimum Gasteiger partial charge on any atom is -0.385 e. The van der Waals surface area contributed by atoms with Crippen molar-refractivity contribution in [1.29, 1.82) is 0 Å². The first kappa shape index (κ1) is 21.4. The Kier molecular flexibility index (Phi) is 5.75. The molecule has 8 heteroatoms. The highest BCUT2D eigenvalue weighted by atomic mass is 16.5. The molecule has 2 aromatic heterocycles.